The molecule has 0 aromatic heterocycles. The monoisotopic (exact) mass is 430 g/mol. The zero-order valence-corrected chi connectivity index (χ0v) is 18.2. The van der Waals surface area contributed by atoms with Crippen LogP contribution >= 0.6 is 15.9 Å². The van der Waals surface area contributed by atoms with Gasteiger partial charge in [-0.1, -0.05) is 50.5 Å². The number of carbonyl (C=O) groups excluding carboxylic acids is 2. The van der Waals surface area contributed by atoms with Crippen molar-refractivity contribution in [3.8, 4) is 0 Å². The van der Waals surface area contributed by atoms with Gasteiger partial charge >= 0.3 is 0 Å². The number of allylic oxidation sites excluding steroid dienone is 1. The van der Waals surface area contributed by atoms with E-state index in [-0.39, 0.29) is 5.41 Å². The molecule has 0 radical (unpaired) electrons. The van der Waals surface area contributed by atoms with E-state index in [0.717, 1.165) is 9.49 Å². The van der Waals surface area contributed by atoms with Gasteiger partial charge in [-0.15, -0.1) is 0 Å². The standard InChI is InChI=1S/C18H31BrN4O3/c1-8-10-21-15(25)13(11-24)17(26)23(20-6)16(14(19)9-2)22(7)12-18(3,4)5/h11,26H,6,8-10,12H2,1-5,7H3,(H,21,25)/b16-14+,17-13-. The van der Waals surface area contributed by atoms with Gasteiger partial charge in [-0.25, -0.2) is 0 Å². The molecule has 0 fully saturated rings. The molecule has 8 heteroatoms. The second kappa shape index (κ2) is 11.0. The number of hydrogen-bond acceptors (Lipinski definition) is 6. The summed E-state index contributed by atoms with van der Waals surface area (Å²) in [4.78, 5) is 25.5. The van der Waals surface area contributed by atoms with Crippen LogP contribution < -0.4 is 5.32 Å². The minimum absolute atomic E-state index is 0.0286. The van der Waals surface area contributed by atoms with Crippen LogP contribution in [0.1, 0.15) is 47.5 Å². The molecule has 0 spiro atoms. The number of nitrogens with zero attached hydrogens (tertiary/aromatic N) is 3. The van der Waals surface area contributed by atoms with Gasteiger partial charge in [0.2, 0.25) is 5.88 Å². The van der Waals surface area contributed by atoms with E-state index in [9.17, 15) is 14.7 Å². The maximum absolute atomic E-state index is 12.2. The second-order valence-corrected chi connectivity index (χ2v) is 8.02. The summed E-state index contributed by atoms with van der Waals surface area (Å²) in [5.74, 6) is -0.708. The lowest BCUT2D eigenvalue weighted by Gasteiger charge is -2.34. The first-order valence-electron chi connectivity index (χ1n) is 8.57. The van der Waals surface area contributed by atoms with Crippen molar-refractivity contribution in [3.05, 3.63) is 21.8 Å². The quantitative estimate of drug-likeness (QED) is 0.105. The number of carbonyl (C=O) groups is 2. The van der Waals surface area contributed by atoms with Crippen LogP contribution in [-0.2, 0) is 9.59 Å². The fraction of sp³-hybridized carbons (Fsp3) is 0.611. The topological polar surface area (TPSA) is 85.2 Å². The van der Waals surface area contributed by atoms with Gasteiger partial charge in [0.15, 0.2) is 6.29 Å². The van der Waals surface area contributed by atoms with E-state index in [1.54, 1.807) is 0 Å². The van der Waals surface area contributed by atoms with Gasteiger partial charge in [-0.05, 0) is 18.3 Å². The number of amides is 1. The van der Waals surface area contributed by atoms with Gasteiger partial charge in [-0.2, -0.15) is 10.1 Å². The lowest BCUT2D eigenvalue weighted by molar-refractivity contribution is -0.119. The summed E-state index contributed by atoms with van der Waals surface area (Å²) in [6.45, 7) is 14.6. The number of aliphatic hydroxyl groups is 1. The van der Waals surface area contributed by atoms with Gasteiger partial charge in [-0.3, -0.25) is 9.59 Å². The molecule has 0 bridgehead atoms. The van der Waals surface area contributed by atoms with Gasteiger partial charge in [0.05, 0.1) is 0 Å². The molecule has 0 unspecified atom stereocenters. The van der Waals surface area contributed by atoms with Crippen LogP contribution in [0.2, 0.25) is 0 Å². The van der Waals surface area contributed by atoms with Crippen LogP contribution in [0.25, 0.3) is 0 Å². The maximum Gasteiger partial charge on any atom is 0.260 e. The average Bonchev–Trinajstić information content (AvgIpc) is 2.55. The Bertz CT molecular complexity index is 579. The molecule has 26 heavy (non-hydrogen) atoms. The van der Waals surface area contributed by atoms with Crippen molar-refractivity contribution < 1.29 is 14.7 Å². The van der Waals surface area contributed by atoms with Crippen LogP contribution in [-0.4, -0.2) is 54.1 Å². The Labute approximate surface area is 164 Å². The van der Waals surface area contributed by atoms with Crippen molar-refractivity contribution in [1.29, 1.82) is 0 Å². The second-order valence-electron chi connectivity index (χ2n) is 7.06. The van der Waals surface area contributed by atoms with Crippen LogP contribution in [0, 0.1) is 5.41 Å². The van der Waals surface area contributed by atoms with E-state index in [0.29, 0.717) is 38.0 Å². The van der Waals surface area contributed by atoms with Gasteiger partial charge in [0, 0.05) is 31.3 Å². The van der Waals surface area contributed by atoms with Crippen molar-refractivity contribution in [2.45, 2.75) is 47.5 Å². The van der Waals surface area contributed by atoms with Crippen LogP contribution in [0.4, 0.5) is 0 Å². The number of rotatable bonds is 10. The largest absolute Gasteiger partial charge is 0.493 e. The van der Waals surface area contributed by atoms with Crippen LogP contribution in [0.15, 0.2) is 26.9 Å². The normalized spacial score (nSPS) is 13.3. The summed E-state index contributed by atoms with van der Waals surface area (Å²) in [6, 6.07) is 0. The lowest BCUT2D eigenvalue weighted by Crippen LogP contribution is -2.37. The third-order valence-corrected chi connectivity index (χ3v) is 4.22. The van der Waals surface area contributed by atoms with E-state index in [4.69, 9.17) is 0 Å². The highest BCUT2D eigenvalue weighted by Crippen LogP contribution is 2.28. The first-order valence-corrected chi connectivity index (χ1v) is 9.36. The van der Waals surface area contributed by atoms with Gasteiger partial charge in [0.25, 0.3) is 5.91 Å². The summed E-state index contributed by atoms with van der Waals surface area (Å²) in [5, 5.41) is 18.1. The van der Waals surface area contributed by atoms with E-state index < -0.39 is 17.4 Å². The van der Waals surface area contributed by atoms with Crippen molar-refractivity contribution in [3.63, 3.8) is 0 Å². The Morgan fingerprint density at radius 2 is 1.92 bits per heavy atom. The zero-order valence-electron chi connectivity index (χ0n) is 16.6. The van der Waals surface area contributed by atoms with Crippen molar-refractivity contribution >= 4 is 34.8 Å². The number of hydrogen-bond donors (Lipinski definition) is 2. The summed E-state index contributed by atoms with van der Waals surface area (Å²) in [6.07, 6.45) is 1.66. The predicted molar refractivity (Wildman–Crippen MR) is 109 cm³/mol. The summed E-state index contributed by atoms with van der Waals surface area (Å²) >= 11 is 3.50. The Balaban J connectivity index is 6.11. The third-order valence-electron chi connectivity index (χ3n) is 3.31. The highest BCUT2D eigenvalue weighted by atomic mass is 79.9. The molecule has 0 aliphatic carbocycles. The molecule has 1 amide bonds. The van der Waals surface area contributed by atoms with E-state index in [2.05, 4.69) is 53.8 Å². The Kier molecular flexibility index (Phi) is 10.2. The predicted octanol–water partition coefficient (Wildman–Crippen LogP) is 3.35. The number of hydrazone groups is 1. The molecule has 0 aromatic rings. The molecule has 2 N–H and O–H groups in total. The van der Waals surface area contributed by atoms with Crippen molar-refractivity contribution in [2.24, 2.45) is 10.5 Å². The summed E-state index contributed by atoms with van der Waals surface area (Å²) in [7, 11) is 1.85. The Hall–Kier alpha value is -1.83. The first kappa shape index (κ1) is 24.2. The lowest BCUT2D eigenvalue weighted by atomic mass is 9.96. The first-order chi connectivity index (χ1) is 12.0. The molecule has 0 rings (SSSR count). The molecule has 0 saturated carbocycles. The maximum atomic E-state index is 12.2. The molecule has 0 heterocycles. The van der Waals surface area contributed by atoms with E-state index in [1.165, 1.54) is 0 Å². The Morgan fingerprint density at radius 1 is 1.35 bits per heavy atom. The number of aliphatic hydroxyl groups excluding tert-OH is 1. The van der Waals surface area contributed by atoms with Gasteiger partial charge < -0.3 is 15.3 Å². The molecule has 0 aromatic carbocycles. The highest BCUT2D eigenvalue weighted by molar-refractivity contribution is 9.11. The van der Waals surface area contributed by atoms with E-state index in [1.807, 2.05) is 25.8 Å². The molecule has 0 saturated heterocycles. The van der Waals surface area contributed by atoms with Crippen molar-refractivity contribution in [1.82, 2.24) is 15.2 Å². The number of halogens is 1. The third kappa shape index (κ3) is 7.19. The van der Waals surface area contributed by atoms with Crippen LogP contribution in [0.5, 0.6) is 0 Å². The van der Waals surface area contributed by atoms with E-state index >= 15 is 0 Å². The highest BCUT2D eigenvalue weighted by Gasteiger charge is 2.27. The fourth-order valence-electron chi connectivity index (χ4n) is 2.32. The zero-order chi connectivity index (χ0) is 20.5. The number of aldehydes is 1. The molecular formula is C18H31BrN4O3. The summed E-state index contributed by atoms with van der Waals surface area (Å²) < 4.78 is 0.752. The molecule has 7 nitrogen and oxygen atoms in total. The molecule has 0 aliphatic heterocycles. The minimum atomic E-state index is -0.654. The summed E-state index contributed by atoms with van der Waals surface area (Å²) in [5.41, 5.74) is -0.428. The SMILES string of the molecule is C=NN(/C(O)=C(\C=O)C(=O)NCCC)/C(=C(/Br)CC)N(C)CC(C)(C)C. The average molecular weight is 431 g/mol. The van der Waals surface area contributed by atoms with Crippen LogP contribution in [0.3, 0.4) is 0 Å². The van der Waals surface area contributed by atoms with Gasteiger partial charge in [0.1, 0.15) is 11.4 Å². The molecule has 148 valence electrons. The minimum Gasteiger partial charge on any atom is -0.493 e. The molecule has 0 aliphatic rings. The smallest absolute Gasteiger partial charge is 0.260 e. The Morgan fingerprint density at radius 3 is 2.31 bits per heavy atom. The fourth-order valence-corrected chi connectivity index (χ4v) is 2.79. The number of nitrogens with one attached hydrogen (secondary N) is 1. The van der Waals surface area contributed by atoms with Crippen molar-refractivity contribution in [2.75, 3.05) is 20.1 Å². The molecule has 0 atom stereocenters. The molecular weight excluding hydrogens is 400 g/mol.